The van der Waals surface area contributed by atoms with Gasteiger partial charge in [-0.3, -0.25) is 0 Å². The van der Waals surface area contributed by atoms with Gasteiger partial charge >= 0.3 is 0 Å². The van der Waals surface area contributed by atoms with E-state index in [2.05, 4.69) is 35.9 Å². The van der Waals surface area contributed by atoms with Gasteiger partial charge in [0, 0.05) is 49.8 Å². The summed E-state index contributed by atoms with van der Waals surface area (Å²) in [6.45, 7) is 7.10. The fourth-order valence-corrected chi connectivity index (χ4v) is 5.84. The Bertz CT molecular complexity index is 1010. The van der Waals surface area contributed by atoms with Crippen molar-refractivity contribution in [3.8, 4) is 5.75 Å². The van der Waals surface area contributed by atoms with E-state index in [1.54, 1.807) is 24.4 Å². The predicted molar refractivity (Wildman–Crippen MR) is 121 cm³/mol. The van der Waals surface area contributed by atoms with Crippen LogP contribution in [0.15, 0.2) is 39.8 Å². The molecule has 2 aliphatic heterocycles. The Morgan fingerprint density at radius 1 is 1.06 bits per heavy atom. The predicted octanol–water partition coefficient (Wildman–Crippen LogP) is 1.99. The lowest BCUT2D eigenvalue weighted by Crippen LogP contribution is -2.49. The molecule has 31 heavy (non-hydrogen) atoms. The molecule has 0 atom stereocenters. The largest absolute Gasteiger partial charge is 0.492 e. The third-order valence-corrected chi connectivity index (χ3v) is 7.80. The van der Waals surface area contributed by atoms with Gasteiger partial charge in [0.25, 0.3) is 0 Å². The molecule has 1 aromatic carbocycles. The van der Waals surface area contributed by atoms with Gasteiger partial charge in [-0.2, -0.15) is 9.40 Å². The molecular formula is C20H26BrN5O4S. The van der Waals surface area contributed by atoms with E-state index < -0.39 is 10.0 Å². The lowest BCUT2D eigenvalue weighted by molar-refractivity contribution is 0.122. The summed E-state index contributed by atoms with van der Waals surface area (Å²) in [6, 6.07) is 7.08. The van der Waals surface area contributed by atoms with Crippen LogP contribution in [-0.4, -0.2) is 82.0 Å². The second-order valence-corrected chi connectivity index (χ2v) is 10.1. The summed E-state index contributed by atoms with van der Waals surface area (Å²) in [5.74, 6) is 1.13. The highest BCUT2D eigenvalue weighted by molar-refractivity contribution is 9.10. The number of rotatable bonds is 6. The van der Waals surface area contributed by atoms with E-state index in [0.717, 1.165) is 24.6 Å². The first-order chi connectivity index (χ1) is 15.0. The number of nitrogens with zero attached hydrogens (tertiary/aromatic N) is 5. The molecule has 0 amide bonds. The third kappa shape index (κ3) is 4.94. The highest BCUT2D eigenvalue weighted by atomic mass is 79.9. The van der Waals surface area contributed by atoms with E-state index in [4.69, 9.17) is 9.47 Å². The maximum Gasteiger partial charge on any atom is 0.246 e. The molecule has 4 rings (SSSR count). The average molecular weight is 512 g/mol. The molecular weight excluding hydrogens is 486 g/mol. The number of aromatic nitrogens is 2. The Morgan fingerprint density at radius 3 is 2.52 bits per heavy atom. The number of ether oxygens (including phenoxy) is 2. The Morgan fingerprint density at radius 2 is 1.81 bits per heavy atom. The van der Waals surface area contributed by atoms with Gasteiger partial charge in [0.05, 0.1) is 31.7 Å². The van der Waals surface area contributed by atoms with Crippen LogP contribution in [0.5, 0.6) is 5.75 Å². The second-order valence-electron chi connectivity index (χ2n) is 7.29. The van der Waals surface area contributed by atoms with E-state index in [1.165, 1.54) is 4.31 Å². The Labute approximate surface area is 191 Å². The molecule has 2 aliphatic rings. The number of benzene rings is 1. The van der Waals surface area contributed by atoms with E-state index in [-0.39, 0.29) is 4.90 Å². The van der Waals surface area contributed by atoms with Crippen LogP contribution in [-0.2, 0) is 14.8 Å². The van der Waals surface area contributed by atoms with Gasteiger partial charge in [0.15, 0.2) is 5.82 Å². The van der Waals surface area contributed by atoms with Crippen molar-refractivity contribution < 1.29 is 17.9 Å². The van der Waals surface area contributed by atoms with Gasteiger partial charge in [-0.25, -0.2) is 8.42 Å². The van der Waals surface area contributed by atoms with E-state index in [0.29, 0.717) is 56.2 Å². The molecule has 0 aliphatic carbocycles. The molecule has 0 radical (unpaired) electrons. The Hall–Kier alpha value is -1.95. The number of anilines is 2. The number of hydrogen-bond donors (Lipinski definition) is 0. The molecule has 168 valence electrons. The van der Waals surface area contributed by atoms with Crippen molar-refractivity contribution >= 4 is 37.5 Å². The monoisotopic (exact) mass is 511 g/mol. The zero-order chi connectivity index (χ0) is 21.8. The summed E-state index contributed by atoms with van der Waals surface area (Å²) in [6.07, 6.45) is 1.76. The van der Waals surface area contributed by atoms with Crippen molar-refractivity contribution in [1.82, 2.24) is 14.5 Å². The van der Waals surface area contributed by atoms with Crippen molar-refractivity contribution in [3.05, 3.63) is 34.9 Å². The molecule has 0 N–H and O–H groups in total. The smallest absolute Gasteiger partial charge is 0.246 e. The molecule has 2 aromatic rings. The molecule has 3 heterocycles. The maximum absolute atomic E-state index is 13.3. The summed E-state index contributed by atoms with van der Waals surface area (Å²) in [7, 11) is -3.67. The van der Waals surface area contributed by atoms with Crippen LogP contribution in [0, 0.1) is 0 Å². The zero-order valence-electron chi connectivity index (χ0n) is 17.4. The average Bonchev–Trinajstić information content (AvgIpc) is 2.81. The van der Waals surface area contributed by atoms with E-state index in [9.17, 15) is 8.42 Å². The fourth-order valence-electron chi connectivity index (χ4n) is 3.75. The molecule has 0 bridgehead atoms. The first-order valence-electron chi connectivity index (χ1n) is 10.3. The van der Waals surface area contributed by atoms with Crippen LogP contribution in [0.25, 0.3) is 0 Å². The summed E-state index contributed by atoms with van der Waals surface area (Å²) in [4.78, 5) is 4.49. The molecule has 2 fully saturated rings. The number of piperazine rings is 1. The topological polar surface area (TPSA) is 88.1 Å². The summed E-state index contributed by atoms with van der Waals surface area (Å²) in [5.41, 5.74) is 1.01. The van der Waals surface area contributed by atoms with Crippen LogP contribution < -0.4 is 14.5 Å². The SMILES string of the molecule is CCOc1ccc(Br)cc1S(=O)(=O)N1CCN(c2cc(N3CCOCC3)cnn2)CC1. The summed E-state index contributed by atoms with van der Waals surface area (Å²) >= 11 is 3.37. The highest BCUT2D eigenvalue weighted by Gasteiger charge is 2.31. The first kappa shape index (κ1) is 22.3. The highest BCUT2D eigenvalue weighted by Crippen LogP contribution is 2.31. The van der Waals surface area contributed by atoms with Crippen LogP contribution in [0.3, 0.4) is 0 Å². The zero-order valence-corrected chi connectivity index (χ0v) is 19.8. The Balaban J connectivity index is 1.47. The van der Waals surface area contributed by atoms with Gasteiger partial charge in [-0.15, -0.1) is 5.10 Å². The third-order valence-electron chi connectivity index (χ3n) is 5.39. The molecule has 0 saturated carbocycles. The standard InChI is InChI=1S/C20H26BrN5O4S/c1-2-30-18-4-3-16(21)13-19(18)31(27,28)26-7-5-25(6-8-26)20-14-17(15-22-23-20)24-9-11-29-12-10-24/h3-4,13-15H,2,5-12H2,1H3. The summed E-state index contributed by atoms with van der Waals surface area (Å²) in [5, 5.41) is 8.44. The van der Waals surface area contributed by atoms with Crippen LogP contribution in [0.2, 0.25) is 0 Å². The molecule has 0 spiro atoms. The van der Waals surface area contributed by atoms with E-state index >= 15 is 0 Å². The Kier molecular flexibility index (Phi) is 6.95. The van der Waals surface area contributed by atoms with Crippen molar-refractivity contribution in [3.63, 3.8) is 0 Å². The van der Waals surface area contributed by atoms with Crippen molar-refractivity contribution in [2.45, 2.75) is 11.8 Å². The van der Waals surface area contributed by atoms with Crippen molar-refractivity contribution in [1.29, 1.82) is 0 Å². The number of sulfonamides is 1. The normalized spacial score (nSPS) is 18.3. The number of halogens is 1. The lowest BCUT2D eigenvalue weighted by atomic mass is 10.3. The van der Waals surface area contributed by atoms with Gasteiger partial charge < -0.3 is 19.3 Å². The van der Waals surface area contributed by atoms with Gasteiger partial charge in [0.2, 0.25) is 10.0 Å². The van der Waals surface area contributed by atoms with Crippen LogP contribution >= 0.6 is 15.9 Å². The minimum absolute atomic E-state index is 0.186. The minimum atomic E-state index is -3.67. The van der Waals surface area contributed by atoms with E-state index in [1.807, 2.05) is 13.0 Å². The van der Waals surface area contributed by atoms with Gasteiger partial charge in [0.1, 0.15) is 10.6 Å². The molecule has 9 nitrogen and oxygen atoms in total. The molecule has 0 unspecified atom stereocenters. The van der Waals surface area contributed by atoms with Crippen LogP contribution in [0.1, 0.15) is 6.92 Å². The number of hydrogen-bond acceptors (Lipinski definition) is 8. The molecule has 1 aromatic heterocycles. The number of morpholine rings is 1. The fraction of sp³-hybridized carbons (Fsp3) is 0.500. The minimum Gasteiger partial charge on any atom is -0.492 e. The van der Waals surface area contributed by atoms with Gasteiger partial charge in [-0.1, -0.05) is 15.9 Å². The first-order valence-corrected chi connectivity index (χ1v) is 12.5. The van der Waals surface area contributed by atoms with Gasteiger partial charge in [-0.05, 0) is 25.1 Å². The molecule has 11 heteroatoms. The van der Waals surface area contributed by atoms with Crippen molar-refractivity contribution in [2.75, 3.05) is 68.9 Å². The molecule has 2 saturated heterocycles. The van der Waals surface area contributed by atoms with Crippen LogP contribution in [0.4, 0.5) is 11.5 Å². The summed E-state index contributed by atoms with van der Waals surface area (Å²) < 4.78 is 39.8. The quantitative estimate of drug-likeness (QED) is 0.581. The van der Waals surface area contributed by atoms with Crippen molar-refractivity contribution in [2.24, 2.45) is 0 Å². The maximum atomic E-state index is 13.3. The lowest BCUT2D eigenvalue weighted by Gasteiger charge is -2.35. The second kappa shape index (κ2) is 9.68.